The second-order valence-electron chi connectivity index (χ2n) is 2.18. The van der Waals surface area contributed by atoms with Crippen molar-refractivity contribution in [3.8, 4) is 0 Å². The Labute approximate surface area is 60.0 Å². The van der Waals surface area contributed by atoms with Crippen LogP contribution in [-0.4, -0.2) is 35.4 Å². The topological polar surface area (TPSA) is 64.4 Å². The lowest BCUT2D eigenvalue weighted by Crippen LogP contribution is -2.33. The molecule has 0 aromatic carbocycles. The largest absolute Gasteiger partial charge is 0.465 e. The predicted octanol–water partition coefficient (Wildman–Crippen LogP) is 1.02. The van der Waals surface area contributed by atoms with E-state index in [1.165, 1.54) is 18.2 Å². The minimum Gasteiger partial charge on any atom is -0.465 e. The fourth-order valence-corrected chi connectivity index (χ4v) is 0.517. The summed E-state index contributed by atoms with van der Waals surface area (Å²) in [5.74, 6) is 0. The van der Waals surface area contributed by atoms with E-state index >= 15 is 0 Å². The molecule has 0 saturated heterocycles. The molecule has 0 aliphatic heterocycles. The van der Waals surface area contributed by atoms with Gasteiger partial charge in [0.1, 0.15) is 0 Å². The van der Waals surface area contributed by atoms with Gasteiger partial charge in [0.05, 0.1) is 0 Å². The van der Waals surface area contributed by atoms with Gasteiger partial charge in [0, 0.05) is 19.5 Å². The van der Waals surface area contributed by atoms with Crippen LogP contribution in [0.15, 0.2) is 0 Å². The summed E-state index contributed by atoms with van der Waals surface area (Å²) < 4.78 is 0. The molecule has 58 valence electrons. The molecular weight excluding hydrogens is 132 g/mol. The molecule has 0 bridgehead atoms. The lowest BCUT2D eigenvalue weighted by molar-refractivity contribution is 0.143. The monoisotopic (exact) mass is 144 g/mol. The molecule has 1 atom stereocenters. The summed E-state index contributed by atoms with van der Waals surface area (Å²) in [6, 6.07) is -0.102. The average molecular weight is 144 g/mol. The van der Waals surface area contributed by atoms with Gasteiger partial charge in [0.2, 0.25) is 0 Å². The highest BCUT2D eigenvalue weighted by Gasteiger charge is 2.11. The Kier molecular flexibility index (Phi) is 3.46. The summed E-state index contributed by atoms with van der Waals surface area (Å²) in [6.45, 7) is 1.76. The van der Waals surface area contributed by atoms with Crippen molar-refractivity contribution in [3.63, 3.8) is 0 Å². The van der Waals surface area contributed by atoms with Crippen LogP contribution in [0, 0.1) is 5.41 Å². The van der Waals surface area contributed by atoms with E-state index in [4.69, 9.17) is 10.5 Å². The highest BCUT2D eigenvalue weighted by Crippen LogP contribution is 1.97. The van der Waals surface area contributed by atoms with Crippen molar-refractivity contribution in [2.75, 3.05) is 7.05 Å². The number of amides is 1. The van der Waals surface area contributed by atoms with Crippen molar-refractivity contribution in [1.29, 1.82) is 5.41 Å². The SMILES string of the molecule is C[C@@H](CC=N)N(C)C(=O)O. The van der Waals surface area contributed by atoms with Crippen molar-refractivity contribution < 1.29 is 9.90 Å². The maximum Gasteiger partial charge on any atom is 0.407 e. The molecular formula is C6H12N2O2. The first-order chi connectivity index (χ1) is 4.59. The van der Waals surface area contributed by atoms with E-state index in [0.29, 0.717) is 6.42 Å². The Morgan fingerprint density at radius 2 is 2.40 bits per heavy atom. The van der Waals surface area contributed by atoms with Crippen LogP contribution in [0.4, 0.5) is 4.79 Å². The van der Waals surface area contributed by atoms with Gasteiger partial charge in [-0.2, -0.15) is 0 Å². The Morgan fingerprint density at radius 1 is 1.90 bits per heavy atom. The van der Waals surface area contributed by atoms with E-state index in [2.05, 4.69) is 0 Å². The first-order valence-electron chi connectivity index (χ1n) is 3.04. The van der Waals surface area contributed by atoms with Crippen LogP contribution in [0.5, 0.6) is 0 Å². The van der Waals surface area contributed by atoms with Crippen molar-refractivity contribution in [2.45, 2.75) is 19.4 Å². The van der Waals surface area contributed by atoms with Crippen LogP contribution in [0.3, 0.4) is 0 Å². The van der Waals surface area contributed by atoms with Crippen LogP contribution in [0.25, 0.3) is 0 Å². The molecule has 0 unspecified atom stereocenters. The van der Waals surface area contributed by atoms with Crippen molar-refractivity contribution in [3.05, 3.63) is 0 Å². The minimum atomic E-state index is -0.950. The maximum absolute atomic E-state index is 10.3. The zero-order valence-electron chi connectivity index (χ0n) is 6.16. The Morgan fingerprint density at radius 3 is 2.70 bits per heavy atom. The third kappa shape index (κ3) is 2.48. The number of nitrogens with one attached hydrogen (secondary N) is 1. The Balaban J connectivity index is 3.80. The van der Waals surface area contributed by atoms with E-state index in [1.807, 2.05) is 0 Å². The third-order valence-electron chi connectivity index (χ3n) is 1.42. The highest BCUT2D eigenvalue weighted by atomic mass is 16.4. The summed E-state index contributed by atoms with van der Waals surface area (Å²) in [5, 5.41) is 15.2. The minimum absolute atomic E-state index is 0.102. The van der Waals surface area contributed by atoms with E-state index in [0.717, 1.165) is 0 Å². The van der Waals surface area contributed by atoms with Gasteiger partial charge in [-0.15, -0.1) is 0 Å². The number of nitrogens with zero attached hydrogens (tertiary/aromatic N) is 1. The lowest BCUT2D eigenvalue weighted by atomic mass is 10.2. The maximum atomic E-state index is 10.3. The molecule has 0 rings (SSSR count). The molecule has 10 heavy (non-hydrogen) atoms. The summed E-state index contributed by atoms with van der Waals surface area (Å²) in [6.07, 6.45) is 0.738. The van der Waals surface area contributed by atoms with Gasteiger partial charge in [-0.3, -0.25) is 0 Å². The molecule has 0 fully saturated rings. The van der Waals surface area contributed by atoms with Gasteiger partial charge in [0.15, 0.2) is 0 Å². The third-order valence-corrected chi connectivity index (χ3v) is 1.42. The van der Waals surface area contributed by atoms with Gasteiger partial charge in [0.25, 0.3) is 0 Å². The molecule has 0 spiro atoms. The molecule has 0 heterocycles. The van der Waals surface area contributed by atoms with Crippen LogP contribution >= 0.6 is 0 Å². The van der Waals surface area contributed by atoms with Crippen LogP contribution in [-0.2, 0) is 0 Å². The first kappa shape index (κ1) is 8.94. The van der Waals surface area contributed by atoms with E-state index in [1.54, 1.807) is 6.92 Å². The zero-order chi connectivity index (χ0) is 8.15. The number of rotatable bonds is 3. The summed E-state index contributed by atoms with van der Waals surface area (Å²) in [5.41, 5.74) is 0. The highest BCUT2D eigenvalue weighted by molar-refractivity contribution is 5.66. The van der Waals surface area contributed by atoms with Crippen molar-refractivity contribution in [2.24, 2.45) is 0 Å². The normalized spacial score (nSPS) is 12.2. The summed E-state index contributed by atoms with van der Waals surface area (Å²) in [7, 11) is 1.50. The zero-order valence-corrected chi connectivity index (χ0v) is 6.16. The molecule has 0 aliphatic rings. The van der Waals surface area contributed by atoms with Crippen LogP contribution < -0.4 is 0 Å². The van der Waals surface area contributed by atoms with Crippen LogP contribution in [0.2, 0.25) is 0 Å². The molecule has 1 amide bonds. The fourth-order valence-electron chi connectivity index (χ4n) is 0.517. The molecule has 0 radical (unpaired) electrons. The summed E-state index contributed by atoms with van der Waals surface area (Å²) >= 11 is 0. The Bertz CT molecular complexity index is 136. The molecule has 2 N–H and O–H groups in total. The number of carbonyl (C=O) groups is 1. The number of hydrogen-bond acceptors (Lipinski definition) is 2. The van der Waals surface area contributed by atoms with Gasteiger partial charge in [-0.1, -0.05) is 0 Å². The molecule has 0 aromatic rings. The number of carboxylic acid groups (broad SMARTS) is 1. The van der Waals surface area contributed by atoms with E-state index in [9.17, 15) is 4.79 Å². The molecule has 0 saturated carbocycles. The van der Waals surface area contributed by atoms with E-state index in [-0.39, 0.29) is 6.04 Å². The smallest absolute Gasteiger partial charge is 0.407 e. The molecule has 4 heteroatoms. The molecule has 0 aliphatic carbocycles. The summed E-state index contributed by atoms with van der Waals surface area (Å²) in [4.78, 5) is 11.5. The lowest BCUT2D eigenvalue weighted by Gasteiger charge is -2.19. The van der Waals surface area contributed by atoms with E-state index < -0.39 is 6.09 Å². The second-order valence-corrected chi connectivity index (χ2v) is 2.18. The van der Waals surface area contributed by atoms with Gasteiger partial charge >= 0.3 is 6.09 Å². The van der Waals surface area contributed by atoms with Crippen molar-refractivity contribution >= 4 is 12.3 Å². The molecule has 0 aromatic heterocycles. The molecule has 4 nitrogen and oxygen atoms in total. The quantitative estimate of drug-likeness (QED) is 0.581. The average Bonchev–Trinajstić information content (AvgIpc) is 1.87. The van der Waals surface area contributed by atoms with Gasteiger partial charge in [-0.05, 0) is 13.1 Å². The number of hydrogen-bond donors (Lipinski definition) is 2. The van der Waals surface area contributed by atoms with Crippen molar-refractivity contribution in [1.82, 2.24) is 4.90 Å². The first-order valence-corrected chi connectivity index (χ1v) is 3.04. The predicted molar refractivity (Wildman–Crippen MR) is 38.7 cm³/mol. The van der Waals surface area contributed by atoms with Gasteiger partial charge in [-0.25, -0.2) is 4.79 Å². The fraction of sp³-hybridized carbons (Fsp3) is 0.667. The van der Waals surface area contributed by atoms with Gasteiger partial charge < -0.3 is 15.4 Å². The second kappa shape index (κ2) is 3.87. The van der Waals surface area contributed by atoms with Crippen LogP contribution in [0.1, 0.15) is 13.3 Å². The Hall–Kier alpha value is -1.06. The standard InChI is InChI=1S/C6H12N2O2/c1-5(3-4-7)8(2)6(9)10/h4-5,7H,3H2,1-2H3,(H,9,10)/t5-/m0/s1.